The lowest BCUT2D eigenvalue weighted by Gasteiger charge is -2.33. The number of hydrogen-bond donors (Lipinski definition) is 7. The number of phenolic OH excluding ortho intramolecular Hbond substituents is 7. The second-order valence-electron chi connectivity index (χ2n) is 29.9. The van der Waals surface area contributed by atoms with E-state index in [9.17, 15) is 35.7 Å². The number of phenols is 7. The molecule has 7 heteroatoms. The summed E-state index contributed by atoms with van der Waals surface area (Å²) in [5.41, 5.74) is 25.0. The molecule has 5 atom stereocenters. The van der Waals surface area contributed by atoms with Gasteiger partial charge in [0, 0.05) is 97.4 Å². The van der Waals surface area contributed by atoms with Crippen LogP contribution < -0.4 is 0 Å². The molecule has 13 aromatic carbocycles. The number of rotatable bonds is 17. The average molecular weight is 1430 g/mol. The van der Waals surface area contributed by atoms with Crippen LogP contribution in [0.4, 0.5) is 0 Å². The zero-order chi connectivity index (χ0) is 77.7. The van der Waals surface area contributed by atoms with Gasteiger partial charge in [-0.05, 0) is 125 Å². The Morgan fingerprint density at radius 3 is 0.870 bits per heavy atom. The Hall–Kier alpha value is -11.5. The van der Waals surface area contributed by atoms with Gasteiger partial charge >= 0.3 is 0 Å². The molecule has 13 rings (SSSR count). The van der Waals surface area contributed by atoms with Crippen LogP contribution in [0.3, 0.4) is 0 Å². The van der Waals surface area contributed by atoms with Crippen molar-refractivity contribution in [1.29, 1.82) is 0 Å². The molecule has 7 nitrogen and oxygen atoms in total. The zero-order valence-corrected chi connectivity index (χ0v) is 65.4. The van der Waals surface area contributed by atoms with Crippen molar-refractivity contribution in [3.63, 3.8) is 0 Å². The molecule has 0 aliphatic heterocycles. The molecule has 0 saturated carbocycles. The van der Waals surface area contributed by atoms with Gasteiger partial charge in [0.25, 0.3) is 0 Å². The number of aromatic hydroxyl groups is 7. The predicted molar refractivity (Wildman–Crippen MR) is 447 cm³/mol. The lowest BCUT2D eigenvalue weighted by Crippen LogP contribution is -2.25. The molecule has 0 aliphatic rings. The lowest BCUT2D eigenvalue weighted by atomic mass is 9.70. The van der Waals surface area contributed by atoms with Crippen LogP contribution in [0.5, 0.6) is 40.2 Å². The molecule has 7 N–H and O–H groups in total. The first-order valence-corrected chi connectivity index (χ1v) is 37.7. The first-order chi connectivity index (χ1) is 51.6. The monoisotopic (exact) mass is 1430 g/mol. The molecule has 0 heterocycles. The summed E-state index contributed by atoms with van der Waals surface area (Å²) in [6, 6.07) is 93.4. The van der Waals surface area contributed by atoms with E-state index in [2.05, 4.69) is 184 Å². The van der Waals surface area contributed by atoms with Gasteiger partial charge in [0.05, 0.1) is 0 Å². The van der Waals surface area contributed by atoms with Crippen molar-refractivity contribution < 1.29 is 35.7 Å². The molecule has 0 amide bonds. The number of hydrogen-bond acceptors (Lipinski definition) is 7. The Morgan fingerprint density at radius 1 is 0.241 bits per heavy atom. The van der Waals surface area contributed by atoms with Crippen LogP contribution in [-0.4, -0.2) is 35.7 Å². The molecule has 0 bridgehead atoms. The molecular formula is C101H106O7. The molecule has 108 heavy (non-hydrogen) atoms. The standard InChI is InChI=1S/C32H34O2.C24H26O2.C23H24O2.C22H22O/c1-20-16-27(22(3)25-12-8-6-9-13-25)31(33)29(18-20)24(5)30-19-21(2)17-28(32(30)34)23(4)26-14-10-7-11-15-26;1-15-10-11-23(25)20(12-15)18(4)22-14-16(2)13-21(24(22)26)17(3)19-8-6-5-7-9-19;1-15-9-10-22(24)19(11-15)14-20-12-16(2)13-21(23(20)25)17(3)18-7-5-4-6-8-18;1-16-14-17(2)21(23)20(15-16)22(3,18-10-6-4-7-11-18)19-12-8-5-9-13-19/h6-19,22-24,33-34H,1-5H3;5-14,17-18,25-26H,1-4H3;4-13,17,24-25H,14H2,1-3H3;4-15,23H,1-3H3. The summed E-state index contributed by atoms with van der Waals surface area (Å²) in [5, 5.41) is 76.0. The van der Waals surface area contributed by atoms with Crippen LogP contribution >= 0.6 is 0 Å². The van der Waals surface area contributed by atoms with Crippen molar-refractivity contribution in [3.8, 4) is 40.2 Å². The lowest BCUT2D eigenvalue weighted by molar-refractivity contribution is 0.447. The van der Waals surface area contributed by atoms with Gasteiger partial charge in [-0.15, -0.1) is 0 Å². The summed E-state index contributed by atoms with van der Waals surface area (Å²) >= 11 is 0. The van der Waals surface area contributed by atoms with Crippen LogP contribution in [0.25, 0.3) is 0 Å². The maximum Gasteiger partial charge on any atom is 0.123 e. The first-order valence-electron chi connectivity index (χ1n) is 37.7. The Labute approximate surface area is 641 Å². The zero-order valence-electron chi connectivity index (χ0n) is 65.4. The van der Waals surface area contributed by atoms with Gasteiger partial charge < -0.3 is 35.7 Å². The Morgan fingerprint density at radius 2 is 0.509 bits per heavy atom. The third kappa shape index (κ3) is 18.3. The Balaban J connectivity index is 0.000000155. The molecule has 0 spiro atoms. The number of benzene rings is 13. The summed E-state index contributed by atoms with van der Waals surface area (Å²) < 4.78 is 0. The van der Waals surface area contributed by atoms with Crippen LogP contribution in [0.15, 0.2) is 279 Å². The third-order valence-corrected chi connectivity index (χ3v) is 21.7. The molecule has 0 aromatic heterocycles. The van der Waals surface area contributed by atoms with Crippen LogP contribution in [0.2, 0.25) is 0 Å². The first kappa shape index (κ1) is 79.0. The summed E-state index contributed by atoms with van der Waals surface area (Å²) in [5.74, 6) is 2.23. The minimum Gasteiger partial charge on any atom is -0.508 e. The highest BCUT2D eigenvalue weighted by Crippen LogP contribution is 2.48. The van der Waals surface area contributed by atoms with E-state index in [1.54, 1.807) is 12.1 Å². The average Bonchev–Trinajstić information content (AvgIpc) is 0.762. The van der Waals surface area contributed by atoms with Gasteiger partial charge in [0.2, 0.25) is 0 Å². The second kappa shape index (κ2) is 35.2. The van der Waals surface area contributed by atoms with Crippen LogP contribution in [0, 0.1) is 55.4 Å². The molecule has 5 unspecified atom stereocenters. The van der Waals surface area contributed by atoms with E-state index in [4.69, 9.17) is 0 Å². The normalized spacial score (nSPS) is 12.8. The van der Waals surface area contributed by atoms with Gasteiger partial charge in [-0.1, -0.05) is 347 Å². The molecule has 0 fully saturated rings. The summed E-state index contributed by atoms with van der Waals surface area (Å²) in [7, 11) is 0. The quantitative estimate of drug-likeness (QED) is 0.0450. The van der Waals surface area contributed by atoms with Crippen molar-refractivity contribution in [1.82, 2.24) is 0 Å². The van der Waals surface area contributed by atoms with Gasteiger partial charge in [0.1, 0.15) is 40.2 Å². The highest BCUT2D eigenvalue weighted by molar-refractivity contribution is 5.61. The minimum absolute atomic E-state index is 0.0619. The van der Waals surface area contributed by atoms with E-state index in [1.165, 1.54) is 33.4 Å². The molecule has 0 aliphatic carbocycles. The second-order valence-corrected chi connectivity index (χ2v) is 29.9. The largest absolute Gasteiger partial charge is 0.508 e. The predicted octanol–water partition coefficient (Wildman–Crippen LogP) is 25.0. The van der Waals surface area contributed by atoms with E-state index in [0.29, 0.717) is 35.2 Å². The molecule has 552 valence electrons. The SMILES string of the molecule is Cc1cc(C(C)c2ccccc2)c(O)c(C(C)c2cc(C)cc(C(C)c3ccccc3)c2O)c1.Cc1cc(C)c(O)c(C(C)(c2ccccc2)c2ccccc2)c1.Cc1ccc(O)c(C(C)c2cc(C)cc(C(C)c3ccccc3)c2O)c1.Cc1ccc(O)c(Cc2cc(C)cc(C(C)c3ccccc3)c2O)c1. The van der Waals surface area contributed by atoms with E-state index in [1.807, 2.05) is 187 Å². The highest BCUT2D eigenvalue weighted by atomic mass is 16.3. The van der Waals surface area contributed by atoms with Crippen molar-refractivity contribution in [2.45, 2.75) is 151 Å². The fourth-order valence-corrected chi connectivity index (χ4v) is 15.3. The Bertz CT molecular complexity index is 5030. The smallest absolute Gasteiger partial charge is 0.123 e. The van der Waals surface area contributed by atoms with E-state index in [-0.39, 0.29) is 47.0 Å². The van der Waals surface area contributed by atoms with E-state index >= 15 is 0 Å². The van der Waals surface area contributed by atoms with E-state index in [0.717, 1.165) is 106 Å². The molecular weight excluding hydrogens is 1330 g/mol. The van der Waals surface area contributed by atoms with Crippen LogP contribution in [0.1, 0.15) is 223 Å². The maximum atomic E-state index is 11.4. The van der Waals surface area contributed by atoms with E-state index < -0.39 is 5.41 Å². The maximum absolute atomic E-state index is 11.4. The summed E-state index contributed by atoms with van der Waals surface area (Å²) in [6.45, 7) is 31.0. The fourth-order valence-electron chi connectivity index (χ4n) is 15.3. The van der Waals surface area contributed by atoms with Gasteiger partial charge in [0.15, 0.2) is 0 Å². The molecule has 0 saturated heterocycles. The van der Waals surface area contributed by atoms with Crippen LogP contribution in [-0.2, 0) is 11.8 Å². The van der Waals surface area contributed by atoms with Crippen molar-refractivity contribution in [2.24, 2.45) is 0 Å². The molecule has 13 aromatic rings. The van der Waals surface area contributed by atoms with Crippen molar-refractivity contribution in [3.05, 3.63) is 418 Å². The minimum atomic E-state index is -0.399. The Kier molecular flexibility index (Phi) is 25.8. The summed E-state index contributed by atoms with van der Waals surface area (Å²) in [6.07, 6.45) is 0.509. The van der Waals surface area contributed by atoms with Gasteiger partial charge in [-0.25, -0.2) is 0 Å². The summed E-state index contributed by atoms with van der Waals surface area (Å²) in [4.78, 5) is 0. The van der Waals surface area contributed by atoms with Crippen molar-refractivity contribution in [2.75, 3.05) is 0 Å². The van der Waals surface area contributed by atoms with Gasteiger partial charge in [-0.3, -0.25) is 0 Å². The molecule has 0 radical (unpaired) electrons. The topological polar surface area (TPSA) is 142 Å². The van der Waals surface area contributed by atoms with Crippen molar-refractivity contribution >= 4 is 0 Å². The fraction of sp³-hybridized carbons (Fsp3) is 0.228. The third-order valence-electron chi connectivity index (χ3n) is 21.7. The number of aryl methyl sites for hydroxylation is 8. The highest BCUT2D eigenvalue weighted by Gasteiger charge is 2.35. The van der Waals surface area contributed by atoms with Gasteiger partial charge in [-0.2, -0.15) is 0 Å².